The van der Waals surface area contributed by atoms with Crippen LogP contribution in [0.3, 0.4) is 0 Å². The van der Waals surface area contributed by atoms with Crippen LogP contribution in [0.25, 0.3) is 0 Å². The molecule has 0 heterocycles. The van der Waals surface area contributed by atoms with E-state index in [0.29, 0.717) is 5.56 Å². The molecule has 1 unspecified atom stereocenters. The lowest BCUT2D eigenvalue weighted by molar-refractivity contribution is -0.123. The maximum Gasteiger partial charge on any atom is 0.222 e. The number of carbonyl (C=O) groups excluding carboxylic acids is 1. The second-order valence-electron chi connectivity index (χ2n) is 4.54. The van der Waals surface area contributed by atoms with E-state index >= 15 is 0 Å². The number of aliphatic hydroxyl groups is 1. The summed E-state index contributed by atoms with van der Waals surface area (Å²) in [7, 11) is 0. The molecule has 1 atom stereocenters. The number of rotatable bonds is 5. The molecule has 2 N–H and O–H groups in total. The Morgan fingerprint density at radius 2 is 2.17 bits per heavy atom. The van der Waals surface area contributed by atoms with Crippen LogP contribution in [-0.4, -0.2) is 17.1 Å². The van der Waals surface area contributed by atoms with Crippen LogP contribution in [0.1, 0.15) is 25.8 Å². The molecule has 0 saturated heterocycles. The average molecular weight is 274 g/mol. The highest BCUT2D eigenvalue weighted by molar-refractivity contribution is 6.30. The van der Waals surface area contributed by atoms with E-state index in [1.165, 1.54) is 12.1 Å². The van der Waals surface area contributed by atoms with Gasteiger partial charge in [0.15, 0.2) is 0 Å². The molecular formula is C13H17ClFNO2. The minimum absolute atomic E-state index is 0.0314. The average Bonchev–Trinajstić information content (AvgIpc) is 2.30. The van der Waals surface area contributed by atoms with Gasteiger partial charge in [0, 0.05) is 6.54 Å². The summed E-state index contributed by atoms with van der Waals surface area (Å²) in [6, 6.07) is 4.28. The number of amides is 1. The van der Waals surface area contributed by atoms with Gasteiger partial charge in [-0.3, -0.25) is 4.79 Å². The van der Waals surface area contributed by atoms with E-state index in [1.807, 2.05) is 13.8 Å². The van der Waals surface area contributed by atoms with Gasteiger partial charge in [-0.2, -0.15) is 0 Å². The third kappa shape index (κ3) is 4.63. The molecule has 0 aromatic heterocycles. The van der Waals surface area contributed by atoms with E-state index in [4.69, 9.17) is 11.6 Å². The third-order valence-corrected chi connectivity index (χ3v) is 2.93. The Hall–Kier alpha value is -1.13. The number of benzene rings is 1. The van der Waals surface area contributed by atoms with Crippen molar-refractivity contribution in [2.24, 2.45) is 5.92 Å². The first kappa shape index (κ1) is 14.9. The van der Waals surface area contributed by atoms with Gasteiger partial charge in [0.25, 0.3) is 0 Å². The van der Waals surface area contributed by atoms with Crippen LogP contribution in [0.5, 0.6) is 0 Å². The summed E-state index contributed by atoms with van der Waals surface area (Å²) in [4.78, 5) is 11.5. The maximum absolute atomic E-state index is 12.9. The Morgan fingerprint density at radius 3 is 2.72 bits per heavy atom. The molecule has 1 aromatic carbocycles. The summed E-state index contributed by atoms with van der Waals surface area (Å²) < 4.78 is 12.9. The smallest absolute Gasteiger partial charge is 0.222 e. The lowest BCUT2D eigenvalue weighted by atomic mass is 10.0. The standard InChI is InChI=1S/C13H17ClFNO2/c1-8(2)12(17)6-13(18)16-7-9-3-4-11(15)10(14)5-9/h3-5,8,12,17H,6-7H2,1-2H3,(H,16,18). The van der Waals surface area contributed by atoms with E-state index in [-0.39, 0.29) is 29.8 Å². The molecule has 0 saturated carbocycles. The van der Waals surface area contributed by atoms with E-state index in [9.17, 15) is 14.3 Å². The minimum Gasteiger partial charge on any atom is -0.392 e. The Labute approximate surface area is 111 Å². The summed E-state index contributed by atoms with van der Waals surface area (Å²) in [5, 5.41) is 12.2. The number of halogens is 2. The molecule has 100 valence electrons. The van der Waals surface area contributed by atoms with Crippen LogP contribution < -0.4 is 5.32 Å². The van der Waals surface area contributed by atoms with Gasteiger partial charge >= 0.3 is 0 Å². The Bertz CT molecular complexity index is 423. The van der Waals surface area contributed by atoms with Crippen LogP contribution in [0.2, 0.25) is 5.02 Å². The van der Waals surface area contributed by atoms with Gasteiger partial charge < -0.3 is 10.4 Å². The zero-order chi connectivity index (χ0) is 13.7. The minimum atomic E-state index is -0.651. The molecule has 1 aromatic rings. The van der Waals surface area contributed by atoms with Crippen molar-refractivity contribution < 1.29 is 14.3 Å². The van der Waals surface area contributed by atoms with Gasteiger partial charge in [-0.25, -0.2) is 4.39 Å². The van der Waals surface area contributed by atoms with Crippen molar-refractivity contribution in [1.29, 1.82) is 0 Å². The molecule has 0 fully saturated rings. The number of hydrogen-bond donors (Lipinski definition) is 2. The largest absolute Gasteiger partial charge is 0.392 e. The predicted molar refractivity (Wildman–Crippen MR) is 68.7 cm³/mol. The number of carbonyl (C=O) groups is 1. The molecule has 18 heavy (non-hydrogen) atoms. The highest BCUT2D eigenvalue weighted by Crippen LogP contribution is 2.15. The molecule has 0 aliphatic rings. The first-order valence-electron chi connectivity index (χ1n) is 5.79. The Balaban J connectivity index is 2.45. The van der Waals surface area contributed by atoms with E-state index in [0.717, 1.165) is 0 Å². The Kier molecular flexibility index (Phi) is 5.56. The van der Waals surface area contributed by atoms with Crippen molar-refractivity contribution >= 4 is 17.5 Å². The molecule has 1 rings (SSSR count). The summed E-state index contributed by atoms with van der Waals surface area (Å²) in [5.41, 5.74) is 0.716. The maximum atomic E-state index is 12.9. The fourth-order valence-corrected chi connectivity index (χ4v) is 1.55. The van der Waals surface area contributed by atoms with Crippen LogP contribution >= 0.6 is 11.6 Å². The Morgan fingerprint density at radius 1 is 1.50 bits per heavy atom. The van der Waals surface area contributed by atoms with Crippen molar-refractivity contribution in [2.75, 3.05) is 0 Å². The molecule has 0 radical (unpaired) electrons. The van der Waals surface area contributed by atoms with Gasteiger partial charge in [0.1, 0.15) is 5.82 Å². The van der Waals surface area contributed by atoms with Crippen LogP contribution in [0.15, 0.2) is 18.2 Å². The lowest BCUT2D eigenvalue weighted by Gasteiger charge is -2.14. The fourth-order valence-electron chi connectivity index (χ4n) is 1.35. The normalized spacial score (nSPS) is 12.6. The molecule has 5 heteroatoms. The molecule has 0 spiro atoms. The van der Waals surface area contributed by atoms with Crippen molar-refractivity contribution in [2.45, 2.75) is 32.9 Å². The van der Waals surface area contributed by atoms with Crippen molar-refractivity contribution in [3.8, 4) is 0 Å². The lowest BCUT2D eigenvalue weighted by Crippen LogP contribution is -2.29. The summed E-state index contributed by atoms with van der Waals surface area (Å²) in [6.07, 6.45) is -0.589. The third-order valence-electron chi connectivity index (χ3n) is 2.64. The highest BCUT2D eigenvalue weighted by Gasteiger charge is 2.14. The van der Waals surface area contributed by atoms with Crippen LogP contribution in [0.4, 0.5) is 4.39 Å². The first-order valence-corrected chi connectivity index (χ1v) is 6.16. The topological polar surface area (TPSA) is 49.3 Å². The molecule has 0 aliphatic carbocycles. The van der Waals surface area contributed by atoms with E-state index in [1.54, 1.807) is 6.07 Å². The zero-order valence-electron chi connectivity index (χ0n) is 10.4. The van der Waals surface area contributed by atoms with Crippen LogP contribution in [-0.2, 0) is 11.3 Å². The van der Waals surface area contributed by atoms with Gasteiger partial charge in [0.05, 0.1) is 17.5 Å². The van der Waals surface area contributed by atoms with Crippen molar-refractivity contribution in [1.82, 2.24) is 5.32 Å². The quantitative estimate of drug-likeness (QED) is 0.866. The summed E-state index contributed by atoms with van der Waals surface area (Å²) in [6.45, 7) is 3.96. The summed E-state index contributed by atoms with van der Waals surface area (Å²) >= 11 is 5.63. The number of hydrogen-bond acceptors (Lipinski definition) is 2. The second kappa shape index (κ2) is 6.71. The molecule has 0 aliphatic heterocycles. The van der Waals surface area contributed by atoms with Gasteiger partial charge in [0.2, 0.25) is 5.91 Å². The van der Waals surface area contributed by atoms with E-state index < -0.39 is 11.9 Å². The first-order chi connectivity index (χ1) is 8.40. The monoisotopic (exact) mass is 273 g/mol. The van der Waals surface area contributed by atoms with Gasteiger partial charge in [-0.15, -0.1) is 0 Å². The fraction of sp³-hybridized carbons (Fsp3) is 0.462. The summed E-state index contributed by atoms with van der Waals surface area (Å²) in [5.74, 6) is -0.686. The van der Waals surface area contributed by atoms with Crippen molar-refractivity contribution in [3.63, 3.8) is 0 Å². The van der Waals surface area contributed by atoms with Crippen molar-refractivity contribution in [3.05, 3.63) is 34.6 Å². The van der Waals surface area contributed by atoms with E-state index in [2.05, 4.69) is 5.32 Å². The molecule has 1 amide bonds. The van der Waals surface area contributed by atoms with Crippen LogP contribution in [0, 0.1) is 11.7 Å². The predicted octanol–water partition coefficient (Wildman–Crippen LogP) is 2.50. The SMILES string of the molecule is CC(C)C(O)CC(=O)NCc1ccc(F)c(Cl)c1. The highest BCUT2D eigenvalue weighted by atomic mass is 35.5. The second-order valence-corrected chi connectivity index (χ2v) is 4.95. The van der Waals surface area contributed by atoms with Gasteiger partial charge in [-0.05, 0) is 23.6 Å². The molecule has 3 nitrogen and oxygen atoms in total. The van der Waals surface area contributed by atoms with Gasteiger partial charge in [-0.1, -0.05) is 31.5 Å². The molecular weight excluding hydrogens is 257 g/mol. The zero-order valence-corrected chi connectivity index (χ0v) is 11.2. The number of nitrogens with one attached hydrogen (secondary N) is 1. The number of aliphatic hydroxyl groups excluding tert-OH is 1. The molecule has 0 bridgehead atoms.